The van der Waals surface area contributed by atoms with Crippen LogP contribution < -0.4 is 21.3 Å². The molecule has 0 bridgehead atoms. The van der Waals surface area contributed by atoms with Crippen molar-refractivity contribution < 1.29 is 47.5 Å². The number of hydrogen-bond donors (Lipinski definition) is 4. The number of hydrogen-bond acceptors (Lipinski definition) is 9. The summed E-state index contributed by atoms with van der Waals surface area (Å²) in [4.78, 5) is 114. The van der Waals surface area contributed by atoms with E-state index in [9.17, 15) is 42.7 Å². The Morgan fingerprint density at radius 1 is 0.949 bits per heavy atom. The van der Waals surface area contributed by atoms with Crippen molar-refractivity contribution >= 4 is 58.9 Å². The molecule has 59 heavy (non-hydrogen) atoms. The molecule has 0 unspecified atom stereocenters. The molecule has 18 heteroatoms. The number of ether oxygens (including phenoxy) is 1. The molecular weight excluding hydrogens is 789 g/mol. The van der Waals surface area contributed by atoms with E-state index in [1.807, 2.05) is 26.0 Å². The molecule has 7 amide bonds. The molecule has 0 aliphatic carbocycles. The van der Waals surface area contributed by atoms with Gasteiger partial charge in [-0.05, 0) is 69.2 Å². The summed E-state index contributed by atoms with van der Waals surface area (Å²) in [7, 11) is 0. The molecule has 16 nitrogen and oxygen atoms in total. The molecule has 4 saturated heterocycles. The largest absolute Gasteiger partial charge is 0.458 e. The fraction of sp³-hybridized carbons (Fsp3) is 0.512. The zero-order valence-electron chi connectivity index (χ0n) is 33.3. The monoisotopic (exact) mass is 837 g/mol. The third kappa shape index (κ3) is 9.83. The minimum absolute atomic E-state index is 0.0358. The minimum Gasteiger partial charge on any atom is -0.458 e. The Kier molecular flexibility index (Phi) is 13.2. The fourth-order valence-corrected chi connectivity index (χ4v) is 8.39. The highest BCUT2D eigenvalue weighted by atomic mass is 35.5. The van der Waals surface area contributed by atoms with Gasteiger partial charge in [-0.15, -0.1) is 0 Å². The van der Waals surface area contributed by atoms with Gasteiger partial charge >= 0.3 is 5.97 Å². The molecule has 0 saturated carbocycles. The number of amides is 7. The van der Waals surface area contributed by atoms with Crippen molar-refractivity contribution in [3.63, 3.8) is 0 Å². The van der Waals surface area contributed by atoms with Crippen molar-refractivity contribution in [1.82, 2.24) is 36.0 Å². The van der Waals surface area contributed by atoms with Crippen LogP contribution in [-0.2, 0) is 55.9 Å². The van der Waals surface area contributed by atoms with Gasteiger partial charge in [0.2, 0.25) is 41.4 Å². The first kappa shape index (κ1) is 43.0. The molecule has 8 atom stereocenters. The Morgan fingerprint density at radius 2 is 1.71 bits per heavy atom. The van der Waals surface area contributed by atoms with Crippen LogP contribution in [0.5, 0.6) is 0 Å². The molecule has 2 aromatic rings. The average molecular weight is 838 g/mol. The second-order valence-corrected chi connectivity index (χ2v) is 16.3. The highest BCUT2D eigenvalue weighted by Gasteiger charge is 2.48. The number of aryl methyl sites for hydroxylation is 1. The fourth-order valence-electron chi connectivity index (χ4n) is 8.23. The van der Waals surface area contributed by atoms with E-state index in [0.29, 0.717) is 12.0 Å². The molecule has 0 aromatic heterocycles. The number of nitrogens with one attached hydrogen (secondary N) is 4. The van der Waals surface area contributed by atoms with Gasteiger partial charge in [0.25, 0.3) is 0 Å². The number of halogens is 2. The molecule has 2 aromatic carbocycles. The van der Waals surface area contributed by atoms with Gasteiger partial charge in [-0.25, -0.2) is 9.18 Å². The van der Waals surface area contributed by atoms with E-state index in [1.54, 1.807) is 12.1 Å². The van der Waals surface area contributed by atoms with Crippen molar-refractivity contribution in [3.8, 4) is 0 Å². The maximum atomic E-state index is 14.7. The Bertz CT molecular complexity index is 2040. The maximum Gasteiger partial charge on any atom is 0.329 e. The summed E-state index contributed by atoms with van der Waals surface area (Å²) < 4.78 is 20.6. The predicted octanol–water partition coefficient (Wildman–Crippen LogP) is 0.547. The zero-order chi connectivity index (χ0) is 42.7. The number of carbonyl (C=O) groups excluding carboxylic acids is 8. The second-order valence-electron chi connectivity index (χ2n) is 15.9. The number of fused-ring (bicyclic) bond motifs is 3. The van der Waals surface area contributed by atoms with Crippen LogP contribution in [0, 0.1) is 18.7 Å². The Morgan fingerprint density at radius 3 is 2.44 bits per heavy atom. The van der Waals surface area contributed by atoms with Crippen LogP contribution >= 0.6 is 11.6 Å². The Labute approximate surface area is 345 Å². The van der Waals surface area contributed by atoms with Crippen molar-refractivity contribution in [3.05, 3.63) is 70.0 Å². The van der Waals surface area contributed by atoms with Gasteiger partial charge in [0.15, 0.2) is 0 Å². The highest BCUT2D eigenvalue weighted by molar-refractivity contribution is 6.30. The third-order valence-electron chi connectivity index (χ3n) is 11.3. The number of cyclic esters (lactones) is 1. The summed E-state index contributed by atoms with van der Waals surface area (Å²) in [5, 5.41) is 10.8. The molecule has 0 spiro atoms. The highest BCUT2D eigenvalue weighted by Crippen LogP contribution is 2.28. The van der Waals surface area contributed by atoms with Gasteiger partial charge in [-0.1, -0.05) is 54.4 Å². The lowest BCUT2D eigenvalue weighted by Crippen LogP contribution is -2.66. The first-order chi connectivity index (χ1) is 28.0. The first-order valence-corrected chi connectivity index (χ1v) is 20.2. The number of esters is 1. The lowest BCUT2D eigenvalue weighted by atomic mass is 10.0. The van der Waals surface area contributed by atoms with Gasteiger partial charge < -0.3 is 40.7 Å². The van der Waals surface area contributed by atoms with Gasteiger partial charge in [0.1, 0.15) is 54.7 Å². The van der Waals surface area contributed by atoms with Crippen molar-refractivity contribution in [2.45, 2.75) is 102 Å². The second kappa shape index (κ2) is 18.1. The summed E-state index contributed by atoms with van der Waals surface area (Å²) in [6.45, 7) is 6.10. The van der Waals surface area contributed by atoms with Crippen molar-refractivity contribution in [1.29, 1.82) is 0 Å². The van der Waals surface area contributed by atoms with E-state index in [1.165, 1.54) is 35.8 Å². The molecule has 0 radical (unpaired) electrons. The van der Waals surface area contributed by atoms with Crippen LogP contribution in [0.15, 0.2) is 42.5 Å². The van der Waals surface area contributed by atoms with E-state index in [0.717, 1.165) is 16.5 Å². The predicted molar refractivity (Wildman–Crippen MR) is 210 cm³/mol. The van der Waals surface area contributed by atoms with Crippen molar-refractivity contribution in [2.24, 2.45) is 5.92 Å². The molecule has 4 fully saturated rings. The molecule has 4 aliphatic rings. The van der Waals surface area contributed by atoms with Crippen LogP contribution in [0.4, 0.5) is 4.39 Å². The van der Waals surface area contributed by atoms with Crippen LogP contribution in [0.3, 0.4) is 0 Å². The summed E-state index contributed by atoms with van der Waals surface area (Å²) in [6, 6.07) is 3.59. The number of carbonyl (C=O) groups is 8. The van der Waals surface area contributed by atoms with Gasteiger partial charge in [-0.3, -0.25) is 33.6 Å². The van der Waals surface area contributed by atoms with Gasteiger partial charge in [0.05, 0.1) is 6.42 Å². The average Bonchev–Trinajstić information content (AvgIpc) is 3.84. The van der Waals surface area contributed by atoms with Crippen LogP contribution in [0.25, 0.3) is 0 Å². The van der Waals surface area contributed by atoms with E-state index in [2.05, 4.69) is 21.3 Å². The molecule has 316 valence electrons. The number of nitrogens with zero attached hydrogens (tertiary/aromatic N) is 3. The molecule has 6 rings (SSSR count). The molecule has 4 heterocycles. The van der Waals surface area contributed by atoms with Crippen LogP contribution in [0.1, 0.15) is 56.7 Å². The Hall–Kier alpha value is -5.58. The number of piperazine rings is 1. The SMILES string of the molecule is Cc1cccc(C[C@H](NC(=O)Cc2ccc(Cl)cc2F)C(=O)N[C@@H]2C(=O)N3CCC[C@H]3C(=O)N3CC(=O)NC[C@H]3C(=O)N[C@@H](C)C(=O)N3C[C@H](C)C[C@H]3C(=O)O[C@H]2C)c1. The Balaban J connectivity index is 1.34. The van der Waals surface area contributed by atoms with E-state index < -0.39 is 108 Å². The summed E-state index contributed by atoms with van der Waals surface area (Å²) in [5.74, 6) is -6.47. The maximum absolute atomic E-state index is 14.7. The van der Waals surface area contributed by atoms with Crippen molar-refractivity contribution in [2.75, 3.05) is 26.2 Å². The zero-order valence-corrected chi connectivity index (χ0v) is 34.1. The van der Waals surface area contributed by atoms with E-state index >= 15 is 0 Å². The molecular formula is C41H49ClFN7O9. The van der Waals surface area contributed by atoms with E-state index in [-0.39, 0.29) is 55.4 Å². The number of rotatable bonds is 7. The quantitative estimate of drug-likeness (QED) is 0.287. The topological polar surface area (TPSA) is 204 Å². The van der Waals surface area contributed by atoms with Gasteiger partial charge in [-0.2, -0.15) is 0 Å². The lowest BCUT2D eigenvalue weighted by Gasteiger charge is -2.39. The minimum atomic E-state index is -1.61. The lowest BCUT2D eigenvalue weighted by molar-refractivity contribution is -0.163. The molecule has 4 aliphatic heterocycles. The number of benzene rings is 2. The van der Waals surface area contributed by atoms with Crippen LogP contribution in [-0.4, -0.2) is 131 Å². The normalized spacial score (nSPS) is 27.2. The summed E-state index contributed by atoms with van der Waals surface area (Å²) in [6.07, 6.45) is -1.08. The van der Waals surface area contributed by atoms with E-state index in [4.69, 9.17) is 16.3 Å². The molecule has 4 N–H and O–H groups in total. The van der Waals surface area contributed by atoms with Crippen LogP contribution in [0.2, 0.25) is 5.02 Å². The standard InChI is InChI=1S/C41H49ClFN7O9/c1-21-7-5-8-25(13-21)15-29(46-33(51)16-26-10-11-27(42)17-28(26)43)36(53)47-35-24(4)59-41(58)31-14-22(2)19-49(31)38(55)23(3)45-37(54)32-18-44-34(52)20-50(32)39(56)30-9-6-12-48(30)40(35)57/h5,7-8,10-11,13,17,22-24,29-32,35H,6,9,12,14-16,18-20H2,1-4H3,(H,44,52)(H,45,54)(H,46,51)(H,47,53)/t22-,23+,24+,29+,30+,31+,32+,35+/m1/s1. The summed E-state index contributed by atoms with van der Waals surface area (Å²) >= 11 is 5.90. The third-order valence-corrected chi connectivity index (χ3v) is 11.5. The van der Waals surface area contributed by atoms with Gasteiger partial charge in [0, 0.05) is 31.1 Å². The first-order valence-electron chi connectivity index (χ1n) is 19.8. The smallest absolute Gasteiger partial charge is 0.329 e. The summed E-state index contributed by atoms with van der Waals surface area (Å²) in [5.41, 5.74) is 1.58.